The summed E-state index contributed by atoms with van der Waals surface area (Å²) < 4.78 is 54.3. The number of carbonyl (C=O) groups excluding carboxylic acids is 1. The minimum Gasteiger partial charge on any atom is -0.322 e. The number of rotatable bonds is 7. The predicted molar refractivity (Wildman–Crippen MR) is 131 cm³/mol. The van der Waals surface area contributed by atoms with Gasteiger partial charge in [0, 0.05) is 30.0 Å². The average Bonchev–Trinajstić information content (AvgIpc) is 2.86. The minimum absolute atomic E-state index is 0.141. The molecule has 3 aromatic carbocycles. The molecule has 0 atom stereocenters. The van der Waals surface area contributed by atoms with Gasteiger partial charge in [0.05, 0.1) is 9.79 Å². The van der Waals surface area contributed by atoms with Crippen LogP contribution in [0.25, 0.3) is 0 Å². The quantitative estimate of drug-likeness (QED) is 0.512. The number of nitrogens with zero attached hydrogens (tertiary/aromatic N) is 1. The molecule has 1 aliphatic rings. The number of nitrogens with one attached hydrogen (secondary N) is 2. The van der Waals surface area contributed by atoms with Gasteiger partial charge in [-0.05, 0) is 73.5 Å². The maximum Gasteiger partial charge on any atom is 0.261 e. The molecule has 0 radical (unpaired) electrons. The highest BCUT2D eigenvalue weighted by Gasteiger charge is 2.25. The van der Waals surface area contributed by atoms with E-state index in [9.17, 15) is 21.6 Å². The zero-order valence-electron chi connectivity index (χ0n) is 18.3. The highest BCUT2D eigenvalue weighted by atomic mass is 32.2. The van der Waals surface area contributed by atoms with Gasteiger partial charge in [0.15, 0.2) is 0 Å². The smallest absolute Gasteiger partial charge is 0.261 e. The molecule has 4 rings (SSSR count). The van der Waals surface area contributed by atoms with Crippen molar-refractivity contribution in [1.82, 2.24) is 4.31 Å². The van der Waals surface area contributed by atoms with Crippen LogP contribution in [-0.4, -0.2) is 40.1 Å². The van der Waals surface area contributed by atoms with E-state index in [4.69, 9.17) is 0 Å². The lowest BCUT2D eigenvalue weighted by atomic mass is 10.2. The third-order valence-electron chi connectivity index (χ3n) is 5.52. The number of amides is 1. The SMILES string of the molecule is O=C(Nc1ccc(S(=O)(=O)N2CCCCC2)cc1)c1ccc(NS(=O)(=O)c2ccccc2)cc1. The van der Waals surface area contributed by atoms with E-state index < -0.39 is 26.0 Å². The van der Waals surface area contributed by atoms with Gasteiger partial charge in [-0.3, -0.25) is 9.52 Å². The van der Waals surface area contributed by atoms with Crippen molar-refractivity contribution in [2.75, 3.05) is 23.1 Å². The van der Waals surface area contributed by atoms with Gasteiger partial charge in [-0.2, -0.15) is 4.31 Å². The number of sulfonamides is 2. The van der Waals surface area contributed by atoms with Crippen molar-refractivity contribution in [3.8, 4) is 0 Å². The lowest BCUT2D eigenvalue weighted by Crippen LogP contribution is -2.35. The van der Waals surface area contributed by atoms with Crippen LogP contribution in [0.5, 0.6) is 0 Å². The largest absolute Gasteiger partial charge is 0.322 e. The highest BCUT2D eigenvalue weighted by molar-refractivity contribution is 7.92. The molecular formula is C24H25N3O5S2. The number of piperidine rings is 1. The van der Waals surface area contributed by atoms with Gasteiger partial charge < -0.3 is 5.32 Å². The third-order valence-corrected chi connectivity index (χ3v) is 8.83. The Balaban J connectivity index is 1.40. The summed E-state index contributed by atoms with van der Waals surface area (Å²) in [5, 5.41) is 2.72. The first-order valence-electron chi connectivity index (χ1n) is 10.9. The molecule has 1 saturated heterocycles. The van der Waals surface area contributed by atoms with Crippen molar-refractivity contribution >= 4 is 37.3 Å². The Bertz CT molecular complexity index is 1350. The number of anilines is 2. The van der Waals surface area contributed by atoms with Gasteiger partial charge >= 0.3 is 0 Å². The normalized spacial score (nSPS) is 14.9. The number of carbonyl (C=O) groups is 1. The Hall–Kier alpha value is -3.21. The van der Waals surface area contributed by atoms with Crippen LogP contribution in [0.15, 0.2) is 88.7 Å². The summed E-state index contributed by atoms with van der Waals surface area (Å²) in [6, 6.07) is 20.1. The summed E-state index contributed by atoms with van der Waals surface area (Å²) in [7, 11) is -7.26. The van der Waals surface area contributed by atoms with E-state index in [2.05, 4.69) is 10.0 Å². The molecule has 34 heavy (non-hydrogen) atoms. The third kappa shape index (κ3) is 5.46. The van der Waals surface area contributed by atoms with Crippen molar-refractivity contribution in [2.24, 2.45) is 0 Å². The molecule has 1 aliphatic heterocycles. The first-order chi connectivity index (χ1) is 16.3. The van der Waals surface area contributed by atoms with Crippen LogP contribution in [0, 0.1) is 0 Å². The molecule has 1 fully saturated rings. The molecule has 0 spiro atoms. The Labute approximate surface area is 199 Å². The fourth-order valence-corrected chi connectivity index (χ4v) is 6.27. The maximum absolute atomic E-state index is 12.8. The molecule has 1 heterocycles. The van der Waals surface area contributed by atoms with Crippen LogP contribution >= 0.6 is 0 Å². The standard InChI is InChI=1S/C24H25N3O5S2/c28-24(19-9-11-21(12-10-19)26-33(29,30)22-7-3-1-4-8-22)25-20-13-15-23(16-14-20)34(31,32)27-17-5-2-6-18-27/h1,3-4,7-16,26H,2,5-6,17-18H2,(H,25,28). The molecule has 10 heteroatoms. The van der Waals surface area contributed by atoms with Crippen LogP contribution in [0.2, 0.25) is 0 Å². The molecule has 8 nitrogen and oxygen atoms in total. The first kappa shape index (κ1) is 23.9. The van der Waals surface area contributed by atoms with Gasteiger partial charge in [0.2, 0.25) is 10.0 Å². The summed E-state index contributed by atoms with van der Waals surface area (Å²) in [5.41, 5.74) is 1.11. The summed E-state index contributed by atoms with van der Waals surface area (Å²) in [6.07, 6.45) is 2.76. The molecule has 178 valence electrons. The lowest BCUT2D eigenvalue weighted by molar-refractivity contribution is 0.102. The predicted octanol–water partition coefficient (Wildman–Crippen LogP) is 3.91. The maximum atomic E-state index is 12.8. The summed E-state index contributed by atoms with van der Waals surface area (Å²) in [5.74, 6) is -0.399. The van der Waals surface area contributed by atoms with E-state index in [0.717, 1.165) is 19.3 Å². The van der Waals surface area contributed by atoms with Crippen LogP contribution in [0.3, 0.4) is 0 Å². The molecule has 0 aliphatic carbocycles. The van der Waals surface area contributed by atoms with Gasteiger partial charge in [-0.25, -0.2) is 16.8 Å². The van der Waals surface area contributed by atoms with E-state index in [0.29, 0.717) is 30.0 Å². The monoisotopic (exact) mass is 499 g/mol. The van der Waals surface area contributed by atoms with E-state index in [-0.39, 0.29) is 9.79 Å². The Morgan fingerprint density at radius 1 is 0.676 bits per heavy atom. The van der Waals surface area contributed by atoms with E-state index >= 15 is 0 Å². The zero-order chi connectivity index (χ0) is 24.2. The molecule has 2 N–H and O–H groups in total. The van der Waals surface area contributed by atoms with Crippen LogP contribution in [0.1, 0.15) is 29.6 Å². The molecule has 0 aromatic heterocycles. The molecule has 0 unspecified atom stereocenters. The Morgan fingerprint density at radius 2 is 1.26 bits per heavy atom. The molecular weight excluding hydrogens is 474 g/mol. The average molecular weight is 500 g/mol. The molecule has 0 bridgehead atoms. The van der Waals surface area contributed by atoms with Crippen molar-refractivity contribution < 1.29 is 21.6 Å². The number of hydrogen-bond acceptors (Lipinski definition) is 5. The molecule has 3 aromatic rings. The van der Waals surface area contributed by atoms with Crippen molar-refractivity contribution in [3.05, 3.63) is 84.4 Å². The fraction of sp³-hybridized carbons (Fsp3) is 0.208. The molecule has 0 saturated carbocycles. The van der Waals surface area contributed by atoms with Gasteiger partial charge in [0.25, 0.3) is 15.9 Å². The summed E-state index contributed by atoms with van der Waals surface area (Å²) >= 11 is 0. The Morgan fingerprint density at radius 3 is 1.88 bits per heavy atom. The van der Waals surface area contributed by atoms with Crippen molar-refractivity contribution in [2.45, 2.75) is 29.1 Å². The van der Waals surface area contributed by atoms with E-state index in [1.165, 1.54) is 52.8 Å². The summed E-state index contributed by atoms with van der Waals surface area (Å²) in [4.78, 5) is 12.9. The molecule has 1 amide bonds. The van der Waals surface area contributed by atoms with Gasteiger partial charge in [0.1, 0.15) is 0 Å². The van der Waals surface area contributed by atoms with Crippen LogP contribution in [-0.2, 0) is 20.0 Å². The van der Waals surface area contributed by atoms with Gasteiger partial charge in [-0.1, -0.05) is 24.6 Å². The lowest BCUT2D eigenvalue weighted by Gasteiger charge is -2.25. The zero-order valence-corrected chi connectivity index (χ0v) is 20.0. The van der Waals surface area contributed by atoms with Crippen molar-refractivity contribution in [3.63, 3.8) is 0 Å². The Kier molecular flexibility index (Phi) is 7.01. The van der Waals surface area contributed by atoms with Crippen LogP contribution in [0.4, 0.5) is 11.4 Å². The fourth-order valence-electron chi connectivity index (χ4n) is 3.67. The first-order valence-corrected chi connectivity index (χ1v) is 13.8. The topological polar surface area (TPSA) is 113 Å². The highest BCUT2D eigenvalue weighted by Crippen LogP contribution is 2.22. The van der Waals surface area contributed by atoms with E-state index in [1.807, 2.05) is 0 Å². The van der Waals surface area contributed by atoms with Crippen molar-refractivity contribution in [1.29, 1.82) is 0 Å². The number of benzene rings is 3. The second-order valence-corrected chi connectivity index (χ2v) is 11.6. The second kappa shape index (κ2) is 9.96. The van der Waals surface area contributed by atoms with Gasteiger partial charge in [-0.15, -0.1) is 0 Å². The van der Waals surface area contributed by atoms with Crippen LogP contribution < -0.4 is 10.0 Å². The number of hydrogen-bond donors (Lipinski definition) is 2. The van der Waals surface area contributed by atoms with E-state index in [1.54, 1.807) is 30.3 Å². The second-order valence-electron chi connectivity index (χ2n) is 7.94. The summed E-state index contributed by atoms with van der Waals surface area (Å²) in [6.45, 7) is 1.05. The minimum atomic E-state index is -3.72.